The molecule has 6 heteroatoms. The summed E-state index contributed by atoms with van der Waals surface area (Å²) in [5, 5.41) is 4.47. The second-order valence-corrected chi connectivity index (χ2v) is 4.77. The van der Waals surface area contributed by atoms with Crippen LogP contribution in [0.2, 0.25) is 0 Å². The van der Waals surface area contributed by atoms with Crippen LogP contribution in [0.25, 0.3) is 11.0 Å². The number of para-hydroxylation sites is 2. The smallest absolute Gasteiger partial charge is 0.135 e. The molecule has 2 aromatic carbocycles. The summed E-state index contributed by atoms with van der Waals surface area (Å²) in [6.07, 6.45) is 3.36. The number of benzene rings is 2. The van der Waals surface area contributed by atoms with Gasteiger partial charge in [-0.05, 0) is 12.1 Å². The highest BCUT2D eigenvalue weighted by atomic mass is 16.5. The lowest BCUT2D eigenvalue weighted by atomic mass is 10.2. The predicted octanol–water partition coefficient (Wildman–Crippen LogP) is 2.94. The van der Waals surface area contributed by atoms with Gasteiger partial charge in [0, 0.05) is 12.1 Å². The maximum atomic E-state index is 5.41. The van der Waals surface area contributed by atoms with Crippen molar-refractivity contribution in [2.45, 2.75) is 0 Å². The maximum Gasteiger partial charge on any atom is 0.135 e. The van der Waals surface area contributed by atoms with E-state index in [4.69, 9.17) is 14.2 Å². The summed E-state index contributed by atoms with van der Waals surface area (Å²) in [6.45, 7) is 0. The van der Waals surface area contributed by atoms with Crippen molar-refractivity contribution >= 4 is 17.2 Å². The van der Waals surface area contributed by atoms with Gasteiger partial charge in [0.25, 0.3) is 0 Å². The van der Waals surface area contributed by atoms with Crippen molar-refractivity contribution in [1.82, 2.24) is 9.66 Å². The van der Waals surface area contributed by atoms with Crippen molar-refractivity contribution in [2.75, 3.05) is 21.3 Å². The van der Waals surface area contributed by atoms with Crippen molar-refractivity contribution in [3.05, 3.63) is 48.3 Å². The highest BCUT2D eigenvalue weighted by Crippen LogP contribution is 2.32. The molecule has 0 spiro atoms. The Morgan fingerprint density at radius 1 is 1.00 bits per heavy atom. The van der Waals surface area contributed by atoms with Gasteiger partial charge in [-0.15, -0.1) is 0 Å². The second-order valence-electron chi connectivity index (χ2n) is 4.77. The lowest BCUT2D eigenvalue weighted by Gasteiger charge is -2.12. The third-order valence-corrected chi connectivity index (χ3v) is 3.50. The molecule has 0 amide bonds. The first kappa shape index (κ1) is 14.9. The van der Waals surface area contributed by atoms with Crippen LogP contribution in [0.5, 0.6) is 17.2 Å². The molecule has 23 heavy (non-hydrogen) atoms. The molecule has 0 saturated heterocycles. The molecule has 1 heterocycles. The zero-order valence-electron chi connectivity index (χ0n) is 13.2. The van der Waals surface area contributed by atoms with Gasteiger partial charge < -0.3 is 14.2 Å². The Hall–Kier alpha value is -3.02. The van der Waals surface area contributed by atoms with Crippen LogP contribution in [-0.2, 0) is 0 Å². The molecule has 0 aliphatic carbocycles. The normalized spacial score (nSPS) is 11.1. The molecule has 118 valence electrons. The van der Waals surface area contributed by atoms with Gasteiger partial charge in [0.1, 0.15) is 23.6 Å². The summed E-state index contributed by atoms with van der Waals surface area (Å²) < 4.78 is 17.8. The van der Waals surface area contributed by atoms with Crippen molar-refractivity contribution in [2.24, 2.45) is 5.10 Å². The largest absolute Gasteiger partial charge is 0.496 e. The molecule has 0 saturated carbocycles. The van der Waals surface area contributed by atoms with Crippen molar-refractivity contribution in [3.63, 3.8) is 0 Å². The van der Waals surface area contributed by atoms with Crippen molar-refractivity contribution in [3.8, 4) is 17.2 Å². The van der Waals surface area contributed by atoms with E-state index in [0.29, 0.717) is 17.2 Å². The lowest BCUT2D eigenvalue weighted by molar-refractivity contribution is 0.374. The Balaban J connectivity index is 2.04. The number of aromatic nitrogens is 2. The van der Waals surface area contributed by atoms with E-state index in [-0.39, 0.29) is 0 Å². The fraction of sp³-hybridized carbons (Fsp3) is 0.176. The van der Waals surface area contributed by atoms with E-state index >= 15 is 0 Å². The molecular weight excluding hydrogens is 294 g/mol. The molecule has 0 aliphatic heterocycles. The summed E-state index contributed by atoms with van der Waals surface area (Å²) in [7, 11) is 4.79. The highest BCUT2D eigenvalue weighted by Gasteiger charge is 2.11. The quantitative estimate of drug-likeness (QED) is 0.680. The number of hydrogen-bond acceptors (Lipinski definition) is 5. The molecule has 0 fully saturated rings. The molecule has 0 bridgehead atoms. The fourth-order valence-corrected chi connectivity index (χ4v) is 2.32. The number of fused-ring (bicyclic) bond motifs is 1. The van der Waals surface area contributed by atoms with E-state index in [9.17, 15) is 0 Å². The van der Waals surface area contributed by atoms with Crippen LogP contribution < -0.4 is 14.2 Å². The maximum absolute atomic E-state index is 5.41. The first-order valence-electron chi connectivity index (χ1n) is 7.03. The number of imidazole rings is 1. The zero-order valence-corrected chi connectivity index (χ0v) is 13.2. The average molecular weight is 311 g/mol. The van der Waals surface area contributed by atoms with Gasteiger partial charge in [0.05, 0.1) is 44.1 Å². The Morgan fingerprint density at radius 2 is 1.70 bits per heavy atom. The molecule has 0 unspecified atom stereocenters. The number of ether oxygens (including phenoxy) is 3. The number of nitrogens with zero attached hydrogens (tertiary/aromatic N) is 3. The van der Waals surface area contributed by atoms with E-state index in [1.54, 1.807) is 50.7 Å². The molecule has 1 aromatic heterocycles. The Labute approximate surface area is 133 Å². The van der Waals surface area contributed by atoms with E-state index in [2.05, 4.69) is 10.1 Å². The third-order valence-electron chi connectivity index (χ3n) is 3.50. The topological polar surface area (TPSA) is 57.9 Å². The standard InChI is InChI=1S/C17H17N3O3/c1-21-12-8-16(22-2)13(17(9-12)23-3)10-19-20-11-18-14-6-4-5-7-15(14)20/h4-11H,1-3H3/b19-10-. The van der Waals surface area contributed by atoms with Crippen LogP contribution in [0.15, 0.2) is 47.8 Å². The summed E-state index contributed by atoms with van der Waals surface area (Å²) in [6, 6.07) is 11.4. The van der Waals surface area contributed by atoms with E-state index in [1.165, 1.54) is 0 Å². The van der Waals surface area contributed by atoms with Crippen molar-refractivity contribution < 1.29 is 14.2 Å². The van der Waals surface area contributed by atoms with Gasteiger partial charge in [0.15, 0.2) is 0 Å². The first-order chi connectivity index (χ1) is 11.3. The predicted molar refractivity (Wildman–Crippen MR) is 88.8 cm³/mol. The van der Waals surface area contributed by atoms with Crippen LogP contribution in [0.3, 0.4) is 0 Å². The van der Waals surface area contributed by atoms with Crippen LogP contribution in [-0.4, -0.2) is 37.2 Å². The second kappa shape index (κ2) is 6.39. The molecule has 0 aliphatic rings. The molecule has 0 atom stereocenters. The molecule has 0 radical (unpaired) electrons. The van der Waals surface area contributed by atoms with Gasteiger partial charge >= 0.3 is 0 Å². The SMILES string of the molecule is COc1cc(OC)c(/C=N\n2cnc3ccccc32)c(OC)c1. The van der Waals surface area contributed by atoms with E-state index in [1.807, 2.05) is 24.3 Å². The Morgan fingerprint density at radius 3 is 2.35 bits per heavy atom. The zero-order chi connectivity index (χ0) is 16.2. The lowest BCUT2D eigenvalue weighted by Crippen LogP contribution is -1.99. The van der Waals surface area contributed by atoms with Gasteiger partial charge in [0.2, 0.25) is 0 Å². The average Bonchev–Trinajstić information content (AvgIpc) is 3.02. The summed E-state index contributed by atoms with van der Waals surface area (Å²) in [5.74, 6) is 1.90. The molecule has 3 rings (SSSR count). The minimum absolute atomic E-state index is 0.620. The highest BCUT2D eigenvalue weighted by molar-refractivity contribution is 5.88. The molecular formula is C17H17N3O3. The van der Waals surface area contributed by atoms with Crippen LogP contribution in [0.4, 0.5) is 0 Å². The van der Waals surface area contributed by atoms with Gasteiger partial charge in [-0.3, -0.25) is 0 Å². The van der Waals surface area contributed by atoms with Crippen molar-refractivity contribution in [1.29, 1.82) is 0 Å². The minimum Gasteiger partial charge on any atom is -0.496 e. The van der Waals surface area contributed by atoms with Gasteiger partial charge in [-0.1, -0.05) is 12.1 Å². The fourth-order valence-electron chi connectivity index (χ4n) is 2.32. The molecule has 0 N–H and O–H groups in total. The van der Waals surface area contributed by atoms with Crippen LogP contribution in [0, 0.1) is 0 Å². The van der Waals surface area contributed by atoms with E-state index < -0.39 is 0 Å². The number of methoxy groups -OCH3 is 3. The first-order valence-corrected chi connectivity index (χ1v) is 7.03. The van der Waals surface area contributed by atoms with Gasteiger partial charge in [-0.25, -0.2) is 9.66 Å². The summed E-state index contributed by atoms with van der Waals surface area (Å²) in [5.41, 5.74) is 2.54. The monoisotopic (exact) mass is 311 g/mol. The number of rotatable bonds is 5. The summed E-state index contributed by atoms with van der Waals surface area (Å²) in [4.78, 5) is 4.31. The van der Waals surface area contributed by atoms with Gasteiger partial charge in [-0.2, -0.15) is 5.10 Å². The van der Waals surface area contributed by atoms with Crippen LogP contribution >= 0.6 is 0 Å². The van der Waals surface area contributed by atoms with Crippen LogP contribution in [0.1, 0.15) is 5.56 Å². The summed E-state index contributed by atoms with van der Waals surface area (Å²) >= 11 is 0. The molecule has 3 aromatic rings. The Bertz CT molecular complexity index is 830. The number of hydrogen-bond donors (Lipinski definition) is 0. The Kier molecular flexibility index (Phi) is 4.14. The minimum atomic E-state index is 0.620. The molecule has 6 nitrogen and oxygen atoms in total. The third kappa shape index (κ3) is 2.83. The van der Waals surface area contributed by atoms with E-state index in [0.717, 1.165) is 16.6 Å².